The first-order valence-electron chi connectivity index (χ1n) is 7.05. The molecule has 0 spiro atoms. The van der Waals surface area contributed by atoms with Crippen molar-refractivity contribution in [3.8, 4) is 0 Å². The number of allylic oxidation sites excluding steroid dienone is 2. The van der Waals surface area contributed by atoms with E-state index in [0.717, 1.165) is 0 Å². The number of rotatable bonds is 8. The second-order valence-electron chi connectivity index (χ2n) is 5.68. The van der Waals surface area contributed by atoms with Crippen LogP contribution in [0.5, 0.6) is 0 Å². The lowest BCUT2D eigenvalue weighted by molar-refractivity contribution is 0.0492. The van der Waals surface area contributed by atoms with Gasteiger partial charge in [-0.3, -0.25) is 0 Å². The number of amides is 1. The number of carbonyl (C=O) groups excluding carboxylic acids is 1. The van der Waals surface area contributed by atoms with E-state index in [0.29, 0.717) is 18.5 Å². The Morgan fingerprint density at radius 3 is 2.52 bits per heavy atom. The lowest BCUT2D eigenvalue weighted by Gasteiger charge is -2.20. The number of halogens is 1. The summed E-state index contributed by atoms with van der Waals surface area (Å²) >= 11 is 0. The second-order valence-corrected chi connectivity index (χ2v) is 5.68. The van der Waals surface area contributed by atoms with Gasteiger partial charge in [0.15, 0.2) is 0 Å². The van der Waals surface area contributed by atoms with Gasteiger partial charge in [-0.25, -0.2) is 9.18 Å². The fraction of sp³-hybridized carbons (Fsp3) is 0.667. The maximum Gasteiger partial charge on any atom is 0.407 e. The van der Waals surface area contributed by atoms with Crippen LogP contribution in [0.2, 0.25) is 0 Å². The smallest absolute Gasteiger partial charge is 0.407 e. The number of alkyl carbamates (subject to hydrolysis) is 1. The highest BCUT2D eigenvalue weighted by molar-refractivity contribution is 5.67. The summed E-state index contributed by atoms with van der Waals surface area (Å²) in [5.74, 6) is -0.341. The number of aliphatic hydroxyl groups is 1. The van der Waals surface area contributed by atoms with E-state index in [4.69, 9.17) is 4.74 Å². The molecule has 0 rings (SSSR count). The minimum atomic E-state index is -0.776. The van der Waals surface area contributed by atoms with Gasteiger partial charge in [0.05, 0.1) is 6.10 Å². The Bertz CT molecular complexity index is 376. The normalized spacial score (nSPS) is 14.2. The van der Waals surface area contributed by atoms with Gasteiger partial charge in [0.1, 0.15) is 11.4 Å². The molecule has 0 unspecified atom stereocenters. The van der Waals surface area contributed by atoms with Crippen LogP contribution in [0, 0.1) is 0 Å². The Hall–Kier alpha value is -1.40. The molecule has 0 saturated carbocycles. The van der Waals surface area contributed by atoms with Gasteiger partial charge in [-0.1, -0.05) is 13.5 Å². The average Bonchev–Trinajstić information content (AvgIpc) is 2.38. The van der Waals surface area contributed by atoms with Crippen LogP contribution in [0.25, 0.3) is 0 Å². The highest BCUT2D eigenvalue weighted by atomic mass is 19.1. The number of nitrogens with one attached hydrogen (secondary N) is 2. The van der Waals surface area contributed by atoms with E-state index in [1.54, 1.807) is 20.8 Å². The van der Waals surface area contributed by atoms with E-state index in [-0.39, 0.29) is 18.9 Å². The predicted octanol–water partition coefficient (Wildman–Crippen LogP) is 2.28. The van der Waals surface area contributed by atoms with Gasteiger partial charge in [0, 0.05) is 19.6 Å². The molecule has 0 aromatic heterocycles. The van der Waals surface area contributed by atoms with Crippen LogP contribution < -0.4 is 10.6 Å². The summed E-state index contributed by atoms with van der Waals surface area (Å²) in [5.41, 5.74) is 0.0216. The molecule has 1 atom stereocenters. The maximum absolute atomic E-state index is 13.3. The SMILES string of the molecule is C=C/C(F)=C(\CC)CNC[C@H](O)CNC(=O)OC(C)(C)C. The summed E-state index contributed by atoms with van der Waals surface area (Å²) in [5, 5.41) is 15.1. The number of hydrogen-bond donors (Lipinski definition) is 3. The van der Waals surface area contributed by atoms with Crippen LogP contribution in [-0.2, 0) is 4.74 Å². The Balaban J connectivity index is 3.99. The van der Waals surface area contributed by atoms with E-state index in [2.05, 4.69) is 17.2 Å². The summed E-state index contributed by atoms with van der Waals surface area (Å²) in [6.45, 7) is 11.1. The van der Waals surface area contributed by atoms with E-state index < -0.39 is 17.8 Å². The standard InChI is InChI=1S/C15H27FN2O3/c1-6-11(13(16)7-2)8-17-9-12(19)10-18-14(20)21-15(3,4)5/h7,12,17,19H,2,6,8-10H2,1,3-5H3,(H,18,20)/b13-11-/t12-/m0/s1. The van der Waals surface area contributed by atoms with Gasteiger partial charge in [0.25, 0.3) is 0 Å². The first-order valence-corrected chi connectivity index (χ1v) is 7.05. The fourth-order valence-electron chi connectivity index (χ4n) is 1.50. The van der Waals surface area contributed by atoms with E-state index in [1.165, 1.54) is 6.08 Å². The van der Waals surface area contributed by atoms with Gasteiger partial charge in [-0.05, 0) is 38.8 Å². The van der Waals surface area contributed by atoms with Crippen molar-refractivity contribution >= 4 is 6.09 Å². The van der Waals surface area contributed by atoms with Crippen molar-refractivity contribution in [2.45, 2.75) is 45.8 Å². The third-order valence-electron chi connectivity index (χ3n) is 2.54. The molecule has 122 valence electrons. The van der Waals surface area contributed by atoms with Crippen molar-refractivity contribution in [3.63, 3.8) is 0 Å². The average molecular weight is 302 g/mol. The Labute approximate surface area is 126 Å². The molecule has 3 N–H and O–H groups in total. The van der Waals surface area contributed by atoms with Crippen molar-refractivity contribution in [1.29, 1.82) is 0 Å². The quantitative estimate of drug-likeness (QED) is 0.602. The number of carbonyl (C=O) groups is 1. The topological polar surface area (TPSA) is 70.6 Å². The van der Waals surface area contributed by atoms with Crippen molar-refractivity contribution in [3.05, 3.63) is 24.1 Å². The summed E-state index contributed by atoms with van der Waals surface area (Å²) in [6, 6.07) is 0. The molecule has 1 amide bonds. The van der Waals surface area contributed by atoms with Crippen molar-refractivity contribution < 1.29 is 19.0 Å². The molecule has 0 aliphatic rings. The van der Waals surface area contributed by atoms with Gasteiger partial charge < -0.3 is 20.5 Å². The van der Waals surface area contributed by atoms with Crippen LogP contribution in [0.3, 0.4) is 0 Å². The molecule has 6 heteroatoms. The molecule has 0 fully saturated rings. The third kappa shape index (κ3) is 10.0. The lowest BCUT2D eigenvalue weighted by atomic mass is 10.1. The monoisotopic (exact) mass is 302 g/mol. The molecule has 0 heterocycles. The summed E-state index contributed by atoms with van der Waals surface area (Å²) in [7, 11) is 0. The number of aliphatic hydroxyl groups excluding tert-OH is 1. The molecule has 0 radical (unpaired) electrons. The van der Waals surface area contributed by atoms with Gasteiger partial charge in [-0.15, -0.1) is 0 Å². The van der Waals surface area contributed by atoms with Crippen molar-refractivity contribution in [2.24, 2.45) is 0 Å². The number of hydrogen-bond acceptors (Lipinski definition) is 4. The molecule has 0 aliphatic carbocycles. The molecule has 21 heavy (non-hydrogen) atoms. The second kappa shape index (κ2) is 9.52. The summed E-state index contributed by atoms with van der Waals surface area (Å²) < 4.78 is 18.4. The first kappa shape index (κ1) is 19.6. The van der Waals surface area contributed by atoms with Gasteiger partial charge in [-0.2, -0.15) is 0 Å². The highest BCUT2D eigenvalue weighted by Crippen LogP contribution is 2.10. The maximum atomic E-state index is 13.3. The van der Waals surface area contributed by atoms with Crippen LogP contribution in [0.1, 0.15) is 34.1 Å². The van der Waals surface area contributed by atoms with Crippen molar-refractivity contribution in [2.75, 3.05) is 19.6 Å². The zero-order valence-corrected chi connectivity index (χ0v) is 13.3. The Kier molecular flexibility index (Phi) is 8.89. The molecule has 0 bridgehead atoms. The molecule has 5 nitrogen and oxygen atoms in total. The summed E-state index contributed by atoms with van der Waals surface area (Å²) in [6.07, 6.45) is 0.383. The lowest BCUT2D eigenvalue weighted by Crippen LogP contribution is -2.40. The van der Waals surface area contributed by atoms with Crippen LogP contribution in [-0.4, -0.2) is 42.5 Å². The summed E-state index contributed by atoms with van der Waals surface area (Å²) in [4.78, 5) is 11.4. The molecular formula is C15H27FN2O3. The van der Waals surface area contributed by atoms with Crippen LogP contribution >= 0.6 is 0 Å². The van der Waals surface area contributed by atoms with E-state index in [9.17, 15) is 14.3 Å². The predicted molar refractivity (Wildman–Crippen MR) is 81.7 cm³/mol. The van der Waals surface area contributed by atoms with E-state index in [1.807, 2.05) is 6.92 Å². The minimum Gasteiger partial charge on any atom is -0.444 e. The van der Waals surface area contributed by atoms with Gasteiger partial charge in [0.2, 0.25) is 0 Å². The third-order valence-corrected chi connectivity index (χ3v) is 2.54. The largest absolute Gasteiger partial charge is 0.444 e. The molecule has 0 aromatic rings. The highest BCUT2D eigenvalue weighted by Gasteiger charge is 2.16. The molecule has 0 saturated heterocycles. The molecule has 0 aromatic carbocycles. The Morgan fingerprint density at radius 2 is 2.05 bits per heavy atom. The van der Waals surface area contributed by atoms with Crippen LogP contribution in [0.15, 0.2) is 24.1 Å². The zero-order chi connectivity index (χ0) is 16.5. The minimum absolute atomic E-state index is 0.0665. The number of ether oxygens (including phenoxy) is 1. The van der Waals surface area contributed by atoms with Gasteiger partial charge >= 0.3 is 6.09 Å². The van der Waals surface area contributed by atoms with Crippen molar-refractivity contribution in [1.82, 2.24) is 10.6 Å². The van der Waals surface area contributed by atoms with E-state index >= 15 is 0 Å². The molecule has 0 aliphatic heterocycles. The molecular weight excluding hydrogens is 275 g/mol. The first-order chi connectivity index (χ1) is 9.69. The van der Waals surface area contributed by atoms with Crippen LogP contribution in [0.4, 0.5) is 9.18 Å². The zero-order valence-electron chi connectivity index (χ0n) is 13.3. The Morgan fingerprint density at radius 1 is 1.43 bits per heavy atom. The fourth-order valence-corrected chi connectivity index (χ4v) is 1.50.